The van der Waals surface area contributed by atoms with E-state index in [1.54, 1.807) is 0 Å². The molecule has 11 heavy (non-hydrogen) atoms. The quantitative estimate of drug-likeness (QED) is 0.688. The molecular weight excluding hydrogens is 240 g/mol. The molecule has 5 heteroatoms. The third-order valence-corrected chi connectivity index (χ3v) is 2.73. The van der Waals surface area contributed by atoms with Crippen molar-refractivity contribution in [3.63, 3.8) is 0 Å². The Balaban J connectivity index is -0.0000000817. The zero-order valence-electron chi connectivity index (χ0n) is 7.33. The van der Waals surface area contributed by atoms with E-state index in [4.69, 9.17) is 0 Å². The zero-order chi connectivity index (χ0) is 6.73. The summed E-state index contributed by atoms with van der Waals surface area (Å²) in [6.45, 7) is 8.83. The topological polar surface area (TPSA) is 3.24 Å². The monoisotopic (exact) mass is 256 g/mol. The summed E-state index contributed by atoms with van der Waals surface area (Å²) in [5.41, 5.74) is 0. The van der Waals surface area contributed by atoms with Gasteiger partial charge in [-0.25, -0.2) is 0 Å². The smallest absolute Gasteiger partial charge is 0.147 e. The van der Waals surface area contributed by atoms with Crippen molar-refractivity contribution >= 4 is 37.2 Å². The van der Waals surface area contributed by atoms with E-state index in [0.717, 1.165) is 0 Å². The normalized spacial score (nSPS) is 8.55. The molecule has 0 atom stereocenters. The fourth-order valence-electron chi connectivity index (χ4n) is 0.596. The molecule has 0 saturated heterocycles. The van der Waals surface area contributed by atoms with Crippen molar-refractivity contribution in [2.75, 3.05) is 0 Å². The first-order valence-corrected chi connectivity index (χ1v) is 3.75. The molecule has 0 saturated carbocycles. The summed E-state index contributed by atoms with van der Waals surface area (Å²) in [6, 6.07) is 1.35. The largest absolute Gasteiger partial charge is 0.147 e. The van der Waals surface area contributed by atoms with Crippen molar-refractivity contribution in [1.29, 1.82) is 0 Å². The van der Waals surface area contributed by atoms with Crippen LogP contribution in [0.3, 0.4) is 0 Å². The summed E-state index contributed by atoms with van der Waals surface area (Å²) in [6.07, 6.45) is 0. The Morgan fingerprint density at radius 2 is 1.00 bits per heavy atom. The van der Waals surface area contributed by atoms with Gasteiger partial charge in [0.25, 0.3) is 0 Å². The van der Waals surface area contributed by atoms with E-state index < -0.39 is 0 Å². The van der Waals surface area contributed by atoms with Crippen molar-refractivity contribution in [3.8, 4) is 0 Å². The summed E-state index contributed by atoms with van der Waals surface area (Å²) < 4.78 is 2.33. The molecule has 0 aromatic heterocycles. The Kier molecular flexibility index (Phi) is 24.0. The van der Waals surface area contributed by atoms with Gasteiger partial charge in [-0.3, -0.25) is 0 Å². The summed E-state index contributed by atoms with van der Waals surface area (Å²) in [5.74, 6) is 0. The van der Waals surface area contributed by atoms with Gasteiger partial charge >= 0.3 is 63.9 Å². The predicted molar refractivity (Wildman–Crippen MR) is 53.9 cm³/mol. The molecule has 0 N–H and O–H groups in total. The summed E-state index contributed by atoms with van der Waals surface area (Å²) in [5, 5.41) is 0. The van der Waals surface area contributed by atoms with Gasteiger partial charge in [-0.2, -0.15) is 0 Å². The van der Waals surface area contributed by atoms with Crippen LogP contribution in [0.25, 0.3) is 0 Å². The molecule has 0 unspecified atom stereocenters. The van der Waals surface area contributed by atoms with Crippen LogP contribution in [0.5, 0.6) is 0 Å². The first-order chi connectivity index (χ1) is 3.55. The average Bonchev–Trinajstić information content (AvgIpc) is 1.64. The van der Waals surface area contributed by atoms with E-state index in [1.165, 1.54) is 0 Å². The van der Waals surface area contributed by atoms with E-state index in [-0.39, 0.29) is 37.2 Å². The van der Waals surface area contributed by atoms with Gasteiger partial charge in [-0.05, 0) is 0 Å². The van der Waals surface area contributed by atoms with Crippen LogP contribution in [0.2, 0.25) is 0 Å². The maximum Gasteiger partial charge on any atom is -0.147 e. The first-order valence-electron chi connectivity index (χ1n) is 3.05. The first kappa shape index (κ1) is 22.9. The van der Waals surface area contributed by atoms with E-state index in [2.05, 4.69) is 51.8 Å². The van der Waals surface area contributed by atoms with Crippen LogP contribution in [-0.2, 0) is 20.7 Å². The number of nitrogens with zero attached hydrogens (tertiary/aromatic N) is 1. The maximum absolute atomic E-state index is 2.33. The van der Waals surface area contributed by atoms with E-state index >= 15 is 0 Å². The van der Waals surface area contributed by atoms with E-state index in [1.807, 2.05) is 0 Å². The Bertz CT molecular complexity index is 62.8. The van der Waals surface area contributed by atoms with Crippen LogP contribution < -0.4 is 0 Å². The van der Waals surface area contributed by atoms with Crippen molar-refractivity contribution < 1.29 is 20.7 Å². The summed E-state index contributed by atoms with van der Waals surface area (Å²) >= 11 is 2.15. The molecule has 0 heterocycles. The average molecular weight is 257 g/mol. The number of hydrogen-bond donors (Lipinski definition) is 0. The van der Waals surface area contributed by atoms with Crippen molar-refractivity contribution in [2.45, 2.75) is 39.8 Å². The Morgan fingerprint density at radius 3 is 1.00 bits per heavy atom. The van der Waals surface area contributed by atoms with Gasteiger partial charge in [0.1, 0.15) is 0 Å². The second-order valence-corrected chi connectivity index (χ2v) is 3.40. The molecule has 0 aliphatic heterocycles. The molecule has 0 rings (SSSR count). The second kappa shape index (κ2) is 11.5. The van der Waals surface area contributed by atoms with Crippen molar-refractivity contribution in [3.05, 3.63) is 0 Å². The van der Waals surface area contributed by atoms with Crippen LogP contribution >= 0.6 is 37.2 Å². The summed E-state index contributed by atoms with van der Waals surface area (Å²) in [7, 11) is 0. The second-order valence-electron chi connectivity index (χ2n) is 2.59. The number of halogens is 3. The van der Waals surface area contributed by atoms with Crippen LogP contribution in [0.15, 0.2) is 0 Å². The zero-order valence-corrected chi connectivity index (χ0v) is 11.3. The Labute approximate surface area is 101 Å². The van der Waals surface area contributed by atoms with E-state index in [0.29, 0.717) is 12.1 Å². The third-order valence-electron chi connectivity index (χ3n) is 1.11. The van der Waals surface area contributed by atoms with E-state index in [9.17, 15) is 0 Å². The maximum atomic E-state index is 2.33. The van der Waals surface area contributed by atoms with Gasteiger partial charge in [0.15, 0.2) is 0 Å². The fourth-order valence-corrected chi connectivity index (χ4v) is 0.596. The SMILES string of the molecule is CC(C)[N]([Ti])C(C)C.Cl.Cl.Cl. The van der Waals surface area contributed by atoms with Gasteiger partial charge in [-0.15, -0.1) is 37.2 Å². The Morgan fingerprint density at radius 1 is 0.818 bits per heavy atom. The Hall–Kier alpha value is 1.54. The molecule has 0 aromatic rings. The minimum absolute atomic E-state index is 0. The molecule has 1 nitrogen and oxygen atoms in total. The molecule has 0 aromatic carbocycles. The standard InChI is InChI=1S/C6H14N.3ClH.Ti/c1-5(2)7-6(3)4;;;;/h5-6H,1-4H3;3*1H;/q-1;;;;+1. The minimum Gasteiger partial charge on any atom is -0.147 e. The van der Waals surface area contributed by atoms with Crippen LogP contribution in [-0.4, -0.2) is 15.5 Å². The molecule has 0 aliphatic rings. The van der Waals surface area contributed by atoms with Gasteiger partial charge in [-0.1, -0.05) is 0 Å². The van der Waals surface area contributed by atoms with Crippen molar-refractivity contribution in [2.24, 2.45) is 0 Å². The molecule has 0 fully saturated rings. The number of hydrogen-bond acceptors (Lipinski definition) is 1. The van der Waals surface area contributed by atoms with Gasteiger partial charge < -0.3 is 0 Å². The molecule has 0 bridgehead atoms. The molecule has 0 radical (unpaired) electrons. The third kappa shape index (κ3) is 11.5. The van der Waals surface area contributed by atoms with Crippen LogP contribution in [0.1, 0.15) is 27.7 Å². The molecule has 0 amide bonds. The molecule has 0 aliphatic carbocycles. The minimum atomic E-state index is 0. The molecule has 71 valence electrons. The van der Waals surface area contributed by atoms with Crippen LogP contribution in [0.4, 0.5) is 0 Å². The van der Waals surface area contributed by atoms with Crippen LogP contribution in [0, 0.1) is 0 Å². The number of rotatable bonds is 2. The van der Waals surface area contributed by atoms with Gasteiger partial charge in [0, 0.05) is 0 Å². The van der Waals surface area contributed by atoms with Crippen molar-refractivity contribution in [1.82, 2.24) is 3.38 Å². The fraction of sp³-hybridized carbons (Fsp3) is 1.00. The van der Waals surface area contributed by atoms with Gasteiger partial charge in [0.05, 0.1) is 0 Å². The van der Waals surface area contributed by atoms with Gasteiger partial charge in [0.2, 0.25) is 0 Å². The summed E-state index contributed by atoms with van der Waals surface area (Å²) in [4.78, 5) is 0. The predicted octanol–water partition coefficient (Wildman–Crippen LogP) is 2.83. The molecular formula is C6H17Cl3NTi. The molecule has 0 spiro atoms.